The van der Waals surface area contributed by atoms with Gasteiger partial charge in [-0.3, -0.25) is 13.9 Å². The molecule has 0 spiro atoms. The van der Waals surface area contributed by atoms with E-state index < -0.39 is 28.5 Å². The first-order valence-electron chi connectivity index (χ1n) is 14.2. The second-order valence-corrected chi connectivity index (χ2v) is 13.3. The average molecular weight is 649 g/mol. The maximum atomic E-state index is 14.2. The highest BCUT2D eigenvalue weighted by Crippen LogP contribution is 2.28. The fraction of sp³-hybridized carbons (Fsp3) is 0.375. The third-order valence-corrected chi connectivity index (χ3v) is 9.26. The van der Waals surface area contributed by atoms with Crippen molar-refractivity contribution in [1.82, 2.24) is 10.2 Å². The summed E-state index contributed by atoms with van der Waals surface area (Å²) in [6.45, 7) is 9.86. The van der Waals surface area contributed by atoms with E-state index in [0.29, 0.717) is 46.6 Å². The van der Waals surface area contributed by atoms with Crippen LogP contribution in [-0.4, -0.2) is 50.9 Å². The van der Waals surface area contributed by atoms with Crippen LogP contribution >= 0.6 is 23.2 Å². The van der Waals surface area contributed by atoms with Gasteiger partial charge in [0.25, 0.3) is 10.0 Å². The molecule has 3 rings (SSSR count). The van der Waals surface area contributed by atoms with Crippen LogP contribution in [-0.2, 0) is 26.2 Å². The number of nitrogens with one attached hydrogen (secondary N) is 1. The number of hydrogen-bond donors (Lipinski definition) is 1. The summed E-state index contributed by atoms with van der Waals surface area (Å²) in [6, 6.07) is 17.1. The Kier molecular flexibility index (Phi) is 12.3. The highest BCUT2D eigenvalue weighted by atomic mass is 35.5. The van der Waals surface area contributed by atoms with E-state index in [1.165, 1.54) is 17.0 Å². The number of rotatable bonds is 14. The standard InChI is InChI=1S/C32H39Cl2N3O5S/c1-6-30(32(39)35-19-22(3)4)36(20-24-10-17-28(33)29(34)18-24)31(38)21-37(25-11-8-23(5)9-12-25)43(40,41)27-15-13-26(14-16-27)42-7-2/h8-18,22,30H,6-7,19-21H2,1-5H3,(H,35,39). The van der Waals surface area contributed by atoms with Crippen LogP contribution in [0.4, 0.5) is 5.69 Å². The Morgan fingerprint density at radius 3 is 2.14 bits per heavy atom. The molecule has 0 heterocycles. The van der Waals surface area contributed by atoms with Crippen molar-refractivity contribution >= 4 is 50.7 Å². The molecule has 11 heteroatoms. The predicted molar refractivity (Wildman–Crippen MR) is 172 cm³/mol. The van der Waals surface area contributed by atoms with Crippen molar-refractivity contribution in [1.29, 1.82) is 0 Å². The summed E-state index contributed by atoms with van der Waals surface area (Å²) in [5.74, 6) is -0.129. The zero-order valence-electron chi connectivity index (χ0n) is 25.1. The first-order chi connectivity index (χ1) is 20.4. The van der Waals surface area contributed by atoms with Crippen molar-refractivity contribution in [3.05, 3.63) is 87.9 Å². The summed E-state index contributed by atoms with van der Waals surface area (Å²) in [5.41, 5.74) is 1.90. The Hall–Kier alpha value is -3.27. The Bertz CT molecular complexity index is 1500. The maximum absolute atomic E-state index is 14.2. The first-order valence-corrected chi connectivity index (χ1v) is 16.4. The number of ether oxygens (including phenoxy) is 1. The number of carbonyl (C=O) groups excluding carboxylic acids is 2. The van der Waals surface area contributed by atoms with Gasteiger partial charge in [-0.2, -0.15) is 0 Å². The average Bonchev–Trinajstić information content (AvgIpc) is 2.97. The number of anilines is 1. The molecule has 0 saturated carbocycles. The Balaban J connectivity index is 2.05. The maximum Gasteiger partial charge on any atom is 0.264 e. The van der Waals surface area contributed by atoms with Crippen LogP contribution in [0.15, 0.2) is 71.6 Å². The third kappa shape index (κ3) is 9.11. The molecule has 0 bridgehead atoms. The molecule has 232 valence electrons. The van der Waals surface area contributed by atoms with Gasteiger partial charge in [-0.15, -0.1) is 0 Å². The molecule has 0 radical (unpaired) electrons. The number of aryl methyl sites for hydroxylation is 1. The van der Waals surface area contributed by atoms with Crippen LogP contribution in [0.1, 0.15) is 45.2 Å². The molecule has 1 unspecified atom stereocenters. The van der Waals surface area contributed by atoms with E-state index in [1.807, 2.05) is 34.6 Å². The molecule has 0 aromatic heterocycles. The molecule has 43 heavy (non-hydrogen) atoms. The monoisotopic (exact) mass is 647 g/mol. The SMILES string of the molecule is CCOc1ccc(S(=O)(=O)N(CC(=O)N(Cc2ccc(Cl)c(Cl)c2)C(CC)C(=O)NCC(C)C)c2ccc(C)cc2)cc1. The number of sulfonamides is 1. The highest BCUT2D eigenvalue weighted by Gasteiger charge is 2.33. The van der Waals surface area contributed by atoms with Crippen molar-refractivity contribution in [3.63, 3.8) is 0 Å². The number of amides is 2. The van der Waals surface area contributed by atoms with Gasteiger partial charge in [0.05, 0.1) is 27.2 Å². The van der Waals surface area contributed by atoms with Gasteiger partial charge in [-0.05, 0) is 80.3 Å². The van der Waals surface area contributed by atoms with Crippen LogP contribution < -0.4 is 14.4 Å². The van der Waals surface area contributed by atoms with Gasteiger partial charge in [0.2, 0.25) is 11.8 Å². The van der Waals surface area contributed by atoms with Crippen molar-refractivity contribution in [2.45, 2.75) is 58.5 Å². The molecule has 1 N–H and O–H groups in total. The molecule has 0 aliphatic heterocycles. The fourth-order valence-corrected chi connectivity index (χ4v) is 6.15. The lowest BCUT2D eigenvalue weighted by Gasteiger charge is -2.33. The highest BCUT2D eigenvalue weighted by molar-refractivity contribution is 7.92. The van der Waals surface area contributed by atoms with Crippen LogP contribution in [0, 0.1) is 12.8 Å². The van der Waals surface area contributed by atoms with Crippen molar-refractivity contribution in [2.24, 2.45) is 5.92 Å². The minimum absolute atomic E-state index is 0.00193. The van der Waals surface area contributed by atoms with Crippen LogP contribution in [0.25, 0.3) is 0 Å². The zero-order chi connectivity index (χ0) is 31.7. The van der Waals surface area contributed by atoms with E-state index in [0.717, 1.165) is 9.87 Å². The Morgan fingerprint density at radius 2 is 1.58 bits per heavy atom. The van der Waals surface area contributed by atoms with E-state index in [1.54, 1.807) is 54.6 Å². The second-order valence-electron chi connectivity index (χ2n) is 10.6. The molecule has 8 nitrogen and oxygen atoms in total. The molecular formula is C32H39Cl2N3O5S. The lowest BCUT2D eigenvalue weighted by Crippen LogP contribution is -2.52. The molecule has 0 aliphatic carbocycles. The van der Waals surface area contributed by atoms with E-state index in [-0.39, 0.29) is 23.3 Å². The zero-order valence-corrected chi connectivity index (χ0v) is 27.5. The molecule has 2 amide bonds. The van der Waals surface area contributed by atoms with Crippen molar-refractivity contribution in [3.8, 4) is 5.75 Å². The minimum Gasteiger partial charge on any atom is -0.494 e. The molecule has 0 fully saturated rings. The van der Waals surface area contributed by atoms with E-state index in [9.17, 15) is 18.0 Å². The van der Waals surface area contributed by atoms with E-state index >= 15 is 0 Å². The van der Waals surface area contributed by atoms with Crippen molar-refractivity contribution in [2.75, 3.05) is 24.0 Å². The third-order valence-electron chi connectivity index (χ3n) is 6.73. The molecule has 0 saturated heterocycles. The Labute approximate surface area is 265 Å². The topological polar surface area (TPSA) is 96.0 Å². The fourth-order valence-electron chi connectivity index (χ4n) is 4.42. The Morgan fingerprint density at radius 1 is 0.930 bits per heavy atom. The number of carbonyl (C=O) groups is 2. The van der Waals surface area contributed by atoms with Gasteiger partial charge in [0.15, 0.2) is 0 Å². The predicted octanol–water partition coefficient (Wildman–Crippen LogP) is 6.48. The van der Waals surface area contributed by atoms with Crippen LogP contribution in [0.3, 0.4) is 0 Å². The molecule has 3 aromatic carbocycles. The number of benzene rings is 3. The molecule has 0 aliphatic rings. The molecule has 3 aromatic rings. The van der Waals surface area contributed by atoms with Gasteiger partial charge < -0.3 is 15.0 Å². The van der Waals surface area contributed by atoms with E-state index in [4.69, 9.17) is 27.9 Å². The summed E-state index contributed by atoms with van der Waals surface area (Å²) in [7, 11) is -4.20. The number of nitrogens with zero attached hydrogens (tertiary/aromatic N) is 2. The van der Waals surface area contributed by atoms with Gasteiger partial charge >= 0.3 is 0 Å². The normalized spacial score (nSPS) is 12.1. The summed E-state index contributed by atoms with van der Waals surface area (Å²) >= 11 is 12.4. The lowest BCUT2D eigenvalue weighted by molar-refractivity contribution is -0.140. The van der Waals surface area contributed by atoms with Gasteiger partial charge in [-0.1, -0.05) is 67.7 Å². The quantitative estimate of drug-likeness (QED) is 0.216. The second kappa shape index (κ2) is 15.5. The molecule has 1 atom stereocenters. The van der Waals surface area contributed by atoms with E-state index in [2.05, 4.69) is 5.32 Å². The first kappa shape index (κ1) is 34.2. The van der Waals surface area contributed by atoms with Crippen LogP contribution in [0.5, 0.6) is 5.75 Å². The van der Waals surface area contributed by atoms with Crippen molar-refractivity contribution < 1.29 is 22.7 Å². The summed E-state index contributed by atoms with van der Waals surface area (Å²) in [4.78, 5) is 28.9. The lowest BCUT2D eigenvalue weighted by atomic mass is 10.1. The largest absolute Gasteiger partial charge is 0.494 e. The number of halogens is 2. The minimum atomic E-state index is -4.20. The smallest absolute Gasteiger partial charge is 0.264 e. The molecular weight excluding hydrogens is 609 g/mol. The van der Waals surface area contributed by atoms with Gasteiger partial charge in [0.1, 0.15) is 18.3 Å². The van der Waals surface area contributed by atoms with Gasteiger partial charge in [-0.25, -0.2) is 8.42 Å². The summed E-state index contributed by atoms with van der Waals surface area (Å²) < 4.78 is 34.6. The summed E-state index contributed by atoms with van der Waals surface area (Å²) in [5, 5.41) is 3.58. The van der Waals surface area contributed by atoms with Gasteiger partial charge in [0, 0.05) is 13.1 Å². The number of hydrogen-bond acceptors (Lipinski definition) is 5. The summed E-state index contributed by atoms with van der Waals surface area (Å²) in [6.07, 6.45) is 0.313. The van der Waals surface area contributed by atoms with Crippen LogP contribution in [0.2, 0.25) is 10.0 Å².